The molecule has 6 heteroatoms. The standard InChI is InChI=1S/C23H27N5O/c24-16-19-5-3-6-20(15-19)23(29)26-21-7-4-10-25-22(21)28-13-8-18(9-14-28)17-27-11-1-2-12-27/h3-7,10,15,18H,1-2,8-9,11-14,17H2,(H,26,29). The maximum absolute atomic E-state index is 12.7. The molecule has 0 saturated carbocycles. The van der Waals surface area contributed by atoms with Gasteiger partial charge in [0.05, 0.1) is 17.3 Å². The molecule has 4 rings (SSSR count). The Hall–Kier alpha value is -2.91. The van der Waals surface area contributed by atoms with E-state index in [1.54, 1.807) is 30.5 Å². The fraction of sp³-hybridized carbons (Fsp3) is 0.435. The van der Waals surface area contributed by atoms with Gasteiger partial charge in [0.1, 0.15) is 0 Å². The van der Waals surface area contributed by atoms with Gasteiger partial charge >= 0.3 is 0 Å². The normalized spacial score (nSPS) is 17.8. The van der Waals surface area contributed by atoms with Crippen LogP contribution in [-0.2, 0) is 0 Å². The second kappa shape index (κ2) is 9.06. The third-order valence-corrected chi connectivity index (χ3v) is 5.92. The average Bonchev–Trinajstić information content (AvgIpc) is 3.28. The molecule has 29 heavy (non-hydrogen) atoms. The Morgan fingerprint density at radius 3 is 2.69 bits per heavy atom. The third-order valence-electron chi connectivity index (χ3n) is 5.92. The number of hydrogen-bond acceptors (Lipinski definition) is 5. The summed E-state index contributed by atoms with van der Waals surface area (Å²) in [5.74, 6) is 1.36. The van der Waals surface area contributed by atoms with Crippen molar-refractivity contribution in [3.05, 3.63) is 53.7 Å². The van der Waals surface area contributed by atoms with Gasteiger partial charge in [-0.1, -0.05) is 6.07 Å². The SMILES string of the molecule is N#Cc1cccc(C(=O)Nc2cccnc2N2CCC(CN3CCCC3)CC2)c1. The lowest BCUT2D eigenvalue weighted by molar-refractivity contribution is 0.102. The fourth-order valence-corrected chi connectivity index (χ4v) is 4.33. The van der Waals surface area contributed by atoms with Crippen LogP contribution >= 0.6 is 0 Å². The summed E-state index contributed by atoms with van der Waals surface area (Å²) in [5, 5.41) is 12.0. The van der Waals surface area contributed by atoms with Gasteiger partial charge in [0, 0.05) is 31.4 Å². The number of likely N-dealkylation sites (tertiary alicyclic amines) is 1. The number of nitrogens with zero attached hydrogens (tertiary/aromatic N) is 4. The van der Waals surface area contributed by atoms with Crippen LogP contribution < -0.4 is 10.2 Å². The number of anilines is 2. The van der Waals surface area contributed by atoms with E-state index in [0.717, 1.165) is 43.4 Å². The van der Waals surface area contributed by atoms with Crippen LogP contribution in [0.15, 0.2) is 42.6 Å². The molecule has 2 saturated heterocycles. The van der Waals surface area contributed by atoms with Crippen LogP contribution in [-0.4, -0.2) is 48.5 Å². The second-order valence-electron chi connectivity index (χ2n) is 7.96. The molecular weight excluding hydrogens is 362 g/mol. The molecule has 0 spiro atoms. The smallest absolute Gasteiger partial charge is 0.255 e. The van der Waals surface area contributed by atoms with Crippen molar-refractivity contribution < 1.29 is 4.79 Å². The molecule has 2 aromatic rings. The van der Waals surface area contributed by atoms with Crippen molar-refractivity contribution >= 4 is 17.4 Å². The number of carbonyl (C=O) groups excluding carboxylic acids is 1. The summed E-state index contributed by atoms with van der Waals surface area (Å²) in [6, 6.07) is 12.5. The molecule has 0 aliphatic carbocycles. The number of amides is 1. The van der Waals surface area contributed by atoms with Crippen molar-refractivity contribution in [2.24, 2.45) is 5.92 Å². The first kappa shape index (κ1) is 19.4. The largest absolute Gasteiger partial charge is 0.355 e. The Kier molecular flexibility index (Phi) is 6.06. The van der Waals surface area contributed by atoms with Crippen LogP contribution in [0.3, 0.4) is 0 Å². The van der Waals surface area contributed by atoms with Crippen molar-refractivity contribution in [2.45, 2.75) is 25.7 Å². The van der Waals surface area contributed by atoms with Gasteiger partial charge in [0.2, 0.25) is 0 Å². The molecule has 1 amide bonds. The molecule has 1 aromatic carbocycles. The number of carbonyl (C=O) groups is 1. The van der Waals surface area contributed by atoms with E-state index in [4.69, 9.17) is 5.26 Å². The maximum atomic E-state index is 12.7. The lowest BCUT2D eigenvalue weighted by Gasteiger charge is -2.35. The lowest BCUT2D eigenvalue weighted by atomic mass is 9.96. The van der Waals surface area contributed by atoms with Crippen LogP contribution in [0.25, 0.3) is 0 Å². The van der Waals surface area contributed by atoms with E-state index in [9.17, 15) is 4.79 Å². The number of rotatable bonds is 5. The molecular formula is C23H27N5O. The highest BCUT2D eigenvalue weighted by atomic mass is 16.1. The Morgan fingerprint density at radius 2 is 1.93 bits per heavy atom. The van der Waals surface area contributed by atoms with Crippen LogP contribution in [0, 0.1) is 17.2 Å². The second-order valence-corrected chi connectivity index (χ2v) is 7.96. The van der Waals surface area contributed by atoms with E-state index in [0.29, 0.717) is 11.1 Å². The molecule has 2 fully saturated rings. The summed E-state index contributed by atoms with van der Waals surface area (Å²) in [7, 11) is 0. The zero-order valence-electron chi connectivity index (χ0n) is 16.7. The molecule has 1 aromatic heterocycles. The molecule has 1 N–H and O–H groups in total. The molecule has 0 bridgehead atoms. The molecule has 150 valence electrons. The Morgan fingerprint density at radius 1 is 1.14 bits per heavy atom. The molecule has 6 nitrogen and oxygen atoms in total. The fourth-order valence-electron chi connectivity index (χ4n) is 4.33. The van der Waals surface area contributed by atoms with E-state index in [1.807, 2.05) is 12.1 Å². The predicted molar refractivity (Wildman–Crippen MR) is 114 cm³/mol. The quantitative estimate of drug-likeness (QED) is 0.847. The summed E-state index contributed by atoms with van der Waals surface area (Å²) in [4.78, 5) is 22.1. The van der Waals surface area contributed by atoms with Crippen molar-refractivity contribution in [1.82, 2.24) is 9.88 Å². The zero-order valence-corrected chi connectivity index (χ0v) is 16.7. The van der Waals surface area contributed by atoms with E-state index in [1.165, 1.54) is 32.5 Å². The average molecular weight is 390 g/mol. The molecule has 0 atom stereocenters. The highest BCUT2D eigenvalue weighted by molar-refractivity contribution is 6.05. The van der Waals surface area contributed by atoms with Gasteiger partial charge in [-0.3, -0.25) is 4.79 Å². The molecule has 0 unspecified atom stereocenters. The van der Waals surface area contributed by atoms with Gasteiger partial charge in [-0.15, -0.1) is 0 Å². The molecule has 2 aliphatic rings. The number of aromatic nitrogens is 1. The summed E-state index contributed by atoms with van der Waals surface area (Å²) >= 11 is 0. The van der Waals surface area contributed by atoms with E-state index in [-0.39, 0.29) is 5.91 Å². The summed E-state index contributed by atoms with van der Waals surface area (Å²) in [5.41, 5.74) is 1.67. The minimum Gasteiger partial charge on any atom is -0.355 e. The highest BCUT2D eigenvalue weighted by Gasteiger charge is 2.25. The summed E-state index contributed by atoms with van der Waals surface area (Å²) in [6.07, 6.45) is 6.77. The van der Waals surface area contributed by atoms with Crippen LogP contribution in [0.5, 0.6) is 0 Å². The maximum Gasteiger partial charge on any atom is 0.255 e. The summed E-state index contributed by atoms with van der Waals surface area (Å²) in [6.45, 7) is 5.65. The predicted octanol–water partition coefficient (Wildman–Crippen LogP) is 3.52. The number of nitrogens with one attached hydrogen (secondary N) is 1. The van der Waals surface area contributed by atoms with E-state index < -0.39 is 0 Å². The first-order chi connectivity index (χ1) is 14.2. The van der Waals surface area contributed by atoms with Crippen molar-refractivity contribution in [3.63, 3.8) is 0 Å². The van der Waals surface area contributed by atoms with Gasteiger partial charge in [-0.05, 0) is 75.0 Å². The topological polar surface area (TPSA) is 72.3 Å². The number of piperidine rings is 1. The Balaban J connectivity index is 1.40. The minimum absolute atomic E-state index is 0.222. The zero-order chi connectivity index (χ0) is 20.1. The minimum atomic E-state index is -0.222. The monoisotopic (exact) mass is 389 g/mol. The van der Waals surface area contributed by atoms with Crippen LogP contribution in [0.1, 0.15) is 41.6 Å². The van der Waals surface area contributed by atoms with Crippen molar-refractivity contribution in [3.8, 4) is 6.07 Å². The van der Waals surface area contributed by atoms with Gasteiger partial charge < -0.3 is 15.1 Å². The number of pyridine rings is 1. The number of hydrogen-bond donors (Lipinski definition) is 1. The highest BCUT2D eigenvalue weighted by Crippen LogP contribution is 2.29. The summed E-state index contributed by atoms with van der Waals surface area (Å²) < 4.78 is 0. The third kappa shape index (κ3) is 4.75. The van der Waals surface area contributed by atoms with E-state index >= 15 is 0 Å². The van der Waals surface area contributed by atoms with Crippen LogP contribution in [0.2, 0.25) is 0 Å². The van der Waals surface area contributed by atoms with Gasteiger partial charge in [-0.25, -0.2) is 4.98 Å². The van der Waals surface area contributed by atoms with Crippen molar-refractivity contribution in [1.29, 1.82) is 5.26 Å². The number of nitriles is 1. The Labute approximate surface area is 172 Å². The lowest BCUT2D eigenvalue weighted by Crippen LogP contribution is -2.38. The van der Waals surface area contributed by atoms with Crippen molar-refractivity contribution in [2.75, 3.05) is 42.9 Å². The van der Waals surface area contributed by atoms with Crippen LogP contribution in [0.4, 0.5) is 11.5 Å². The molecule has 2 aliphatic heterocycles. The van der Waals surface area contributed by atoms with Gasteiger partial charge in [0.25, 0.3) is 5.91 Å². The Bertz CT molecular complexity index is 892. The first-order valence-corrected chi connectivity index (χ1v) is 10.5. The molecule has 3 heterocycles. The van der Waals surface area contributed by atoms with E-state index in [2.05, 4.69) is 26.2 Å². The first-order valence-electron chi connectivity index (χ1n) is 10.5. The number of benzene rings is 1. The van der Waals surface area contributed by atoms with Gasteiger partial charge in [-0.2, -0.15) is 5.26 Å². The molecule has 0 radical (unpaired) electrons. The van der Waals surface area contributed by atoms with Gasteiger partial charge in [0.15, 0.2) is 5.82 Å².